The van der Waals surface area contributed by atoms with Gasteiger partial charge in [-0.05, 0) is 18.2 Å². The zero-order valence-corrected chi connectivity index (χ0v) is 16.1. The van der Waals surface area contributed by atoms with Crippen molar-refractivity contribution in [3.05, 3.63) is 88.9 Å². The summed E-state index contributed by atoms with van der Waals surface area (Å²) in [5, 5.41) is 13.0. The lowest BCUT2D eigenvalue weighted by molar-refractivity contribution is -0.126. The number of benzene rings is 3. The summed E-state index contributed by atoms with van der Waals surface area (Å²) in [6.07, 6.45) is 0. The molecule has 0 saturated heterocycles. The van der Waals surface area contributed by atoms with Crippen LogP contribution in [0.2, 0.25) is 0 Å². The molecule has 1 unspecified atom stereocenters. The lowest BCUT2D eigenvalue weighted by Gasteiger charge is -2.32. The number of carbonyl (C=O) groups excluding carboxylic acids is 1. The van der Waals surface area contributed by atoms with Crippen LogP contribution in [-0.4, -0.2) is 11.0 Å². The molecule has 4 nitrogen and oxygen atoms in total. The molecule has 1 amide bonds. The molecule has 6 heteroatoms. The minimum atomic E-state index is -3.77. The van der Waals surface area contributed by atoms with E-state index in [0.29, 0.717) is 26.3 Å². The van der Waals surface area contributed by atoms with Gasteiger partial charge in [-0.15, -0.1) is 0 Å². The van der Waals surface area contributed by atoms with Crippen molar-refractivity contribution < 1.29 is 14.5 Å². The molecule has 0 radical (unpaired) electrons. The van der Waals surface area contributed by atoms with Gasteiger partial charge in [-0.1, -0.05) is 76.6 Å². The van der Waals surface area contributed by atoms with E-state index in [1.165, 1.54) is 0 Å². The molecule has 0 spiro atoms. The summed E-state index contributed by atoms with van der Waals surface area (Å²) in [4.78, 5) is 12.9. The van der Waals surface area contributed by atoms with Crippen molar-refractivity contribution in [1.82, 2.24) is 0 Å². The van der Waals surface area contributed by atoms with Gasteiger partial charge in [-0.25, -0.2) is 0 Å². The fourth-order valence-electron chi connectivity index (χ4n) is 3.36. The summed E-state index contributed by atoms with van der Waals surface area (Å²) in [7, 11) is -3.77. The van der Waals surface area contributed by atoms with E-state index in [1.807, 2.05) is 12.1 Å². The topological polar surface area (TPSA) is 66.4 Å². The minimum Gasteiger partial charge on any atom is -0.369 e. The number of rotatable bonds is 3. The second-order valence-corrected chi connectivity index (χ2v) is 9.91. The van der Waals surface area contributed by atoms with Crippen LogP contribution < -0.4 is 15.9 Å². The molecule has 1 aliphatic heterocycles. The van der Waals surface area contributed by atoms with E-state index >= 15 is 0 Å². The van der Waals surface area contributed by atoms with Gasteiger partial charge in [-0.3, -0.25) is 4.79 Å². The molecule has 0 saturated carbocycles. The molecule has 0 aromatic heterocycles. The Morgan fingerprint density at radius 2 is 1.42 bits per heavy atom. The number of aliphatic hydroxyl groups is 1. The van der Waals surface area contributed by atoms with E-state index in [1.54, 1.807) is 66.7 Å². The molecule has 0 fully saturated rings. The van der Waals surface area contributed by atoms with Crippen molar-refractivity contribution in [3.8, 4) is 0 Å². The van der Waals surface area contributed by atoms with Gasteiger partial charge in [0.2, 0.25) is 5.34 Å². The SMILES string of the molecule is O=C1Nc2ccc(Br)cc2C1(O)P(=O)(c1ccccc1)c1ccccc1. The molecule has 4 rings (SSSR count). The van der Waals surface area contributed by atoms with Gasteiger partial charge >= 0.3 is 0 Å². The van der Waals surface area contributed by atoms with Crippen LogP contribution in [0, 0.1) is 0 Å². The summed E-state index contributed by atoms with van der Waals surface area (Å²) in [6, 6.07) is 22.5. The second-order valence-electron chi connectivity index (χ2n) is 6.10. The molecule has 26 heavy (non-hydrogen) atoms. The van der Waals surface area contributed by atoms with Crippen LogP contribution in [0.4, 0.5) is 5.69 Å². The number of nitrogens with one attached hydrogen (secondary N) is 1. The molecular weight excluding hydrogens is 413 g/mol. The summed E-state index contributed by atoms with van der Waals surface area (Å²) in [5.41, 5.74) is 0.778. The third-order valence-corrected chi connectivity index (χ3v) is 8.52. The highest BCUT2D eigenvalue weighted by Crippen LogP contribution is 2.63. The van der Waals surface area contributed by atoms with E-state index in [2.05, 4.69) is 21.2 Å². The van der Waals surface area contributed by atoms with Crippen molar-refractivity contribution >= 4 is 45.3 Å². The standard InChI is InChI=1S/C20H15BrNO3P/c21-14-11-12-18-17(13-14)20(24,19(23)22-18)26(25,15-7-3-1-4-8-15)16-9-5-2-6-10-16/h1-13,24H,(H,22,23). The fraction of sp³-hybridized carbons (Fsp3) is 0.0500. The first-order valence-corrected chi connectivity index (χ1v) is 10.5. The van der Waals surface area contributed by atoms with E-state index in [0.717, 1.165) is 0 Å². The van der Waals surface area contributed by atoms with E-state index in [-0.39, 0.29) is 0 Å². The maximum absolute atomic E-state index is 14.5. The first-order valence-electron chi connectivity index (χ1n) is 8.03. The minimum absolute atomic E-state index is 0.313. The molecule has 0 bridgehead atoms. The average Bonchev–Trinajstić information content (AvgIpc) is 2.94. The van der Waals surface area contributed by atoms with Crippen LogP contribution in [0.1, 0.15) is 5.56 Å². The van der Waals surface area contributed by atoms with Crippen LogP contribution in [0.25, 0.3) is 0 Å². The maximum atomic E-state index is 14.5. The number of anilines is 1. The fourth-order valence-corrected chi connectivity index (χ4v) is 6.81. The summed E-state index contributed by atoms with van der Waals surface area (Å²) < 4.78 is 15.2. The largest absolute Gasteiger partial charge is 0.369 e. The third kappa shape index (κ3) is 2.32. The molecule has 3 aromatic rings. The number of hydrogen-bond acceptors (Lipinski definition) is 3. The normalized spacial score (nSPS) is 19.1. The molecule has 2 N–H and O–H groups in total. The highest BCUT2D eigenvalue weighted by molar-refractivity contribution is 9.10. The Hall–Kier alpha value is -2.20. The Morgan fingerprint density at radius 1 is 0.885 bits per heavy atom. The zero-order valence-electron chi connectivity index (χ0n) is 13.6. The second kappa shape index (κ2) is 6.20. The van der Waals surface area contributed by atoms with Gasteiger partial charge in [0.05, 0.1) is 0 Å². The van der Waals surface area contributed by atoms with Crippen LogP contribution in [0.15, 0.2) is 83.3 Å². The predicted molar refractivity (Wildman–Crippen MR) is 106 cm³/mol. The van der Waals surface area contributed by atoms with Crippen molar-refractivity contribution in [1.29, 1.82) is 0 Å². The molecular formula is C20H15BrNO3P. The van der Waals surface area contributed by atoms with Gasteiger partial charge in [0, 0.05) is 26.3 Å². The molecule has 1 heterocycles. The number of amides is 1. The molecule has 1 atom stereocenters. The summed E-state index contributed by atoms with van der Waals surface area (Å²) in [6.45, 7) is 0. The Kier molecular flexibility index (Phi) is 4.11. The predicted octanol–water partition coefficient (Wildman–Crippen LogP) is 3.56. The van der Waals surface area contributed by atoms with E-state index in [9.17, 15) is 14.5 Å². The molecule has 0 aliphatic carbocycles. The van der Waals surface area contributed by atoms with Crippen molar-refractivity contribution in [3.63, 3.8) is 0 Å². The lowest BCUT2D eigenvalue weighted by atomic mass is 10.1. The summed E-state index contributed by atoms with van der Waals surface area (Å²) in [5.74, 6) is -0.679. The summed E-state index contributed by atoms with van der Waals surface area (Å²) >= 11 is 3.38. The first kappa shape index (κ1) is 17.2. The van der Waals surface area contributed by atoms with Gasteiger partial charge in [0.1, 0.15) is 0 Å². The third-order valence-electron chi connectivity index (χ3n) is 4.62. The van der Waals surface area contributed by atoms with E-state index < -0.39 is 18.4 Å². The van der Waals surface area contributed by atoms with Crippen molar-refractivity contribution in [2.45, 2.75) is 5.34 Å². The smallest absolute Gasteiger partial charge is 0.269 e. The Labute approximate surface area is 159 Å². The van der Waals surface area contributed by atoms with Crippen LogP contribution in [0.5, 0.6) is 0 Å². The number of carbonyl (C=O) groups is 1. The Morgan fingerprint density at radius 3 is 1.96 bits per heavy atom. The van der Waals surface area contributed by atoms with Crippen LogP contribution in [-0.2, 0) is 14.7 Å². The quantitative estimate of drug-likeness (QED) is 0.628. The Bertz CT molecular complexity index is 996. The van der Waals surface area contributed by atoms with Crippen LogP contribution in [0.3, 0.4) is 0 Å². The van der Waals surface area contributed by atoms with Gasteiger partial charge in [-0.2, -0.15) is 0 Å². The number of fused-ring (bicyclic) bond motifs is 1. The van der Waals surface area contributed by atoms with Gasteiger partial charge in [0.25, 0.3) is 5.91 Å². The van der Waals surface area contributed by atoms with Gasteiger partial charge < -0.3 is 15.0 Å². The highest BCUT2D eigenvalue weighted by atomic mass is 79.9. The molecule has 130 valence electrons. The monoisotopic (exact) mass is 427 g/mol. The van der Waals surface area contributed by atoms with E-state index in [4.69, 9.17) is 0 Å². The van der Waals surface area contributed by atoms with Gasteiger partial charge in [0.15, 0.2) is 7.14 Å². The highest BCUT2D eigenvalue weighted by Gasteiger charge is 2.60. The van der Waals surface area contributed by atoms with Crippen molar-refractivity contribution in [2.75, 3.05) is 5.32 Å². The number of hydrogen-bond donors (Lipinski definition) is 2. The molecule has 3 aromatic carbocycles. The number of halogens is 1. The van der Waals surface area contributed by atoms with Crippen molar-refractivity contribution in [2.24, 2.45) is 0 Å². The van der Waals surface area contributed by atoms with Crippen LogP contribution >= 0.6 is 23.1 Å². The maximum Gasteiger partial charge on any atom is 0.269 e. The zero-order chi connectivity index (χ0) is 18.4. The lowest BCUT2D eigenvalue weighted by Crippen LogP contribution is -2.41. The Balaban J connectivity index is 2.07. The molecule has 1 aliphatic rings. The first-order chi connectivity index (χ1) is 12.5. The average molecular weight is 428 g/mol.